The van der Waals surface area contributed by atoms with Gasteiger partial charge in [0, 0.05) is 48.5 Å². The first-order valence-corrected chi connectivity index (χ1v) is 8.60. The van der Waals surface area contributed by atoms with Crippen molar-refractivity contribution in [3.63, 3.8) is 0 Å². The van der Waals surface area contributed by atoms with Gasteiger partial charge in [0.15, 0.2) is 5.82 Å². The molecule has 2 aromatic rings. The van der Waals surface area contributed by atoms with E-state index in [1.807, 2.05) is 4.90 Å². The van der Waals surface area contributed by atoms with Crippen LogP contribution in [0.5, 0.6) is 0 Å². The van der Waals surface area contributed by atoms with Gasteiger partial charge in [-0.3, -0.25) is 4.79 Å². The van der Waals surface area contributed by atoms with Crippen molar-refractivity contribution >= 4 is 22.5 Å². The number of nitrogens with one attached hydrogen (secondary N) is 2. The van der Waals surface area contributed by atoms with Gasteiger partial charge in [-0.15, -0.1) is 0 Å². The molecule has 0 spiro atoms. The van der Waals surface area contributed by atoms with Gasteiger partial charge in [0.1, 0.15) is 5.82 Å². The fourth-order valence-corrected chi connectivity index (χ4v) is 3.45. The molecule has 1 aliphatic heterocycles. The van der Waals surface area contributed by atoms with E-state index in [9.17, 15) is 4.79 Å². The molecule has 0 unspecified atom stereocenters. The molecular weight excluding hydrogens is 312 g/mol. The lowest BCUT2D eigenvalue weighted by molar-refractivity contribution is 0.523. The van der Waals surface area contributed by atoms with Crippen molar-refractivity contribution in [1.29, 1.82) is 0 Å². The number of hydrogen-bond acceptors (Lipinski definition) is 7. The second-order valence-corrected chi connectivity index (χ2v) is 7.60. The Morgan fingerprint density at radius 1 is 1.43 bits per heavy atom. The summed E-state index contributed by atoms with van der Waals surface area (Å²) in [6.07, 6.45) is 5.24. The van der Waals surface area contributed by atoms with Crippen LogP contribution < -0.4 is 15.8 Å². The number of aromatic nitrogens is 4. The summed E-state index contributed by atoms with van der Waals surface area (Å²) < 4.78 is 4.43. The molecule has 8 heteroatoms. The molecule has 0 aliphatic carbocycles. The van der Waals surface area contributed by atoms with Gasteiger partial charge in [0.25, 0.3) is 5.56 Å². The van der Waals surface area contributed by atoms with Crippen molar-refractivity contribution in [1.82, 2.24) is 19.3 Å². The van der Waals surface area contributed by atoms with Crippen LogP contribution in [0.2, 0.25) is 0 Å². The molecule has 1 aliphatic rings. The molecule has 7 nitrogen and oxygen atoms in total. The Bertz CT molecular complexity index is 719. The van der Waals surface area contributed by atoms with E-state index in [4.69, 9.17) is 0 Å². The van der Waals surface area contributed by atoms with E-state index in [1.165, 1.54) is 11.5 Å². The quantitative estimate of drug-likeness (QED) is 0.893. The number of aromatic amines is 1. The lowest BCUT2D eigenvalue weighted by Gasteiger charge is -2.33. The summed E-state index contributed by atoms with van der Waals surface area (Å²) in [6.45, 7) is 7.91. The highest BCUT2D eigenvalue weighted by Gasteiger charge is 2.25. The molecule has 0 bridgehead atoms. The van der Waals surface area contributed by atoms with Crippen LogP contribution in [0.1, 0.15) is 39.4 Å². The SMILES string of the molecule is CC(C)(C)c1nsc(N[C@H]2CCCN(c3ncc[nH]c3=O)C2)n1. The molecule has 2 N–H and O–H groups in total. The van der Waals surface area contributed by atoms with Crippen LogP contribution in [-0.2, 0) is 5.41 Å². The van der Waals surface area contributed by atoms with Crippen LogP contribution in [0.15, 0.2) is 17.2 Å². The average Bonchev–Trinajstić information content (AvgIpc) is 2.97. The van der Waals surface area contributed by atoms with Crippen LogP contribution in [-0.4, -0.2) is 38.5 Å². The maximum atomic E-state index is 11.9. The fraction of sp³-hybridized carbons (Fsp3) is 0.600. The minimum absolute atomic E-state index is 0.0454. The van der Waals surface area contributed by atoms with Gasteiger partial charge in [0.05, 0.1) is 0 Å². The van der Waals surface area contributed by atoms with Crippen LogP contribution in [0.4, 0.5) is 10.9 Å². The topological polar surface area (TPSA) is 86.8 Å². The van der Waals surface area contributed by atoms with Gasteiger partial charge in [-0.2, -0.15) is 4.37 Å². The standard InChI is InChI=1S/C15H22N6OS/c1-15(2,3)13-19-14(23-20-13)18-10-5-4-8-21(9-10)11-12(22)17-7-6-16-11/h6-7,10H,4-5,8-9H2,1-3H3,(H,17,22)(H,18,19,20)/t10-/m0/s1. The van der Waals surface area contributed by atoms with E-state index in [-0.39, 0.29) is 17.0 Å². The summed E-state index contributed by atoms with van der Waals surface area (Å²) in [7, 11) is 0. The summed E-state index contributed by atoms with van der Waals surface area (Å²) >= 11 is 1.40. The van der Waals surface area contributed by atoms with E-state index in [2.05, 4.69) is 45.4 Å². The zero-order valence-corrected chi connectivity index (χ0v) is 14.5. The largest absolute Gasteiger partial charge is 0.356 e. The van der Waals surface area contributed by atoms with E-state index in [0.29, 0.717) is 5.82 Å². The molecule has 3 heterocycles. The average molecular weight is 334 g/mol. The Morgan fingerprint density at radius 2 is 2.26 bits per heavy atom. The minimum Gasteiger partial charge on any atom is -0.356 e. The van der Waals surface area contributed by atoms with E-state index < -0.39 is 0 Å². The highest BCUT2D eigenvalue weighted by molar-refractivity contribution is 7.09. The summed E-state index contributed by atoms with van der Waals surface area (Å²) in [5, 5.41) is 4.30. The van der Waals surface area contributed by atoms with Gasteiger partial charge in [-0.25, -0.2) is 9.97 Å². The van der Waals surface area contributed by atoms with E-state index in [1.54, 1.807) is 12.4 Å². The van der Waals surface area contributed by atoms with Crippen LogP contribution in [0.25, 0.3) is 0 Å². The molecule has 3 rings (SSSR count). The lowest BCUT2D eigenvalue weighted by atomic mass is 9.96. The monoisotopic (exact) mass is 334 g/mol. The van der Waals surface area contributed by atoms with Gasteiger partial charge < -0.3 is 15.2 Å². The van der Waals surface area contributed by atoms with Crippen molar-refractivity contribution in [3.8, 4) is 0 Å². The highest BCUT2D eigenvalue weighted by Crippen LogP contribution is 2.24. The fourth-order valence-electron chi connectivity index (χ4n) is 2.62. The van der Waals surface area contributed by atoms with Crippen molar-refractivity contribution in [2.75, 3.05) is 23.3 Å². The third-order valence-corrected chi connectivity index (χ3v) is 4.48. The smallest absolute Gasteiger partial charge is 0.290 e. The maximum Gasteiger partial charge on any atom is 0.290 e. The van der Waals surface area contributed by atoms with E-state index in [0.717, 1.165) is 36.9 Å². The Balaban J connectivity index is 1.69. The first kappa shape index (κ1) is 15.9. The summed E-state index contributed by atoms with van der Waals surface area (Å²) in [5.41, 5.74) is -0.185. The predicted octanol–water partition coefficient (Wildman–Crippen LogP) is 2.00. The Morgan fingerprint density at radius 3 is 2.96 bits per heavy atom. The van der Waals surface area contributed by atoms with Crippen molar-refractivity contribution in [2.45, 2.75) is 45.1 Å². The minimum atomic E-state index is -0.140. The van der Waals surface area contributed by atoms with Crippen LogP contribution in [0, 0.1) is 0 Å². The summed E-state index contributed by atoms with van der Waals surface area (Å²) in [4.78, 5) is 25.4. The molecule has 23 heavy (non-hydrogen) atoms. The highest BCUT2D eigenvalue weighted by atomic mass is 32.1. The number of anilines is 2. The maximum absolute atomic E-state index is 11.9. The number of H-pyrrole nitrogens is 1. The Kier molecular flexibility index (Phi) is 4.34. The number of rotatable bonds is 3. The molecule has 124 valence electrons. The Labute approximate surface area is 139 Å². The molecule has 1 fully saturated rings. The summed E-state index contributed by atoms with van der Waals surface area (Å²) in [5.74, 6) is 1.35. The van der Waals surface area contributed by atoms with Crippen molar-refractivity contribution in [3.05, 3.63) is 28.6 Å². The van der Waals surface area contributed by atoms with Crippen molar-refractivity contribution in [2.24, 2.45) is 0 Å². The molecule has 1 saturated heterocycles. The second-order valence-electron chi connectivity index (χ2n) is 6.84. The first-order valence-electron chi connectivity index (χ1n) is 7.83. The molecule has 2 aromatic heterocycles. The summed E-state index contributed by atoms with van der Waals surface area (Å²) in [6, 6.07) is 0.242. The lowest BCUT2D eigenvalue weighted by Crippen LogP contribution is -2.44. The van der Waals surface area contributed by atoms with Crippen LogP contribution >= 0.6 is 11.5 Å². The molecule has 0 amide bonds. The number of nitrogens with zero attached hydrogens (tertiary/aromatic N) is 4. The van der Waals surface area contributed by atoms with Gasteiger partial charge in [-0.05, 0) is 12.8 Å². The number of piperidine rings is 1. The molecule has 0 aromatic carbocycles. The van der Waals surface area contributed by atoms with Gasteiger partial charge in [0.2, 0.25) is 5.13 Å². The molecular formula is C15H22N6OS. The first-order chi connectivity index (χ1) is 10.9. The zero-order valence-electron chi connectivity index (χ0n) is 13.7. The molecule has 0 radical (unpaired) electrons. The molecule has 1 atom stereocenters. The zero-order chi connectivity index (χ0) is 16.4. The molecule has 0 saturated carbocycles. The van der Waals surface area contributed by atoms with Gasteiger partial charge >= 0.3 is 0 Å². The van der Waals surface area contributed by atoms with Gasteiger partial charge in [-0.1, -0.05) is 20.8 Å². The Hall–Kier alpha value is -1.96. The third kappa shape index (κ3) is 3.69. The third-order valence-electron chi connectivity index (χ3n) is 3.83. The number of hydrogen-bond donors (Lipinski definition) is 2. The van der Waals surface area contributed by atoms with Crippen molar-refractivity contribution < 1.29 is 0 Å². The normalized spacial score (nSPS) is 18.9. The van der Waals surface area contributed by atoms with E-state index >= 15 is 0 Å². The second kappa shape index (κ2) is 6.27. The van der Waals surface area contributed by atoms with Crippen LogP contribution in [0.3, 0.4) is 0 Å². The predicted molar refractivity (Wildman–Crippen MR) is 92.3 cm³/mol.